The largest absolute Gasteiger partial charge is 0.480 e. The highest BCUT2D eigenvalue weighted by atomic mass is 16.4. The van der Waals surface area contributed by atoms with Crippen molar-refractivity contribution in [2.24, 2.45) is 58.2 Å². The van der Waals surface area contributed by atoms with Crippen LogP contribution in [-0.4, -0.2) is 45.9 Å². The normalized spacial score (nSPS) is 46.6. The molecule has 0 aromatic rings. The summed E-state index contributed by atoms with van der Waals surface area (Å²) in [6.45, 7) is 11.0. The van der Waals surface area contributed by atoms with Gasteiger partial charge in [0.05, 0.1) is 12.2 Å². The minimum Gasteiger partial charge on any atom is -0.480 e. The van der Waals surface area contributed by atoms with Gasteiger partial charge in [0.15, 0.2) is 0 Å². The standard InChI is InChI=1S/C29H49NO5/c1-6-19-23-14-18(31)9-11-29(23,5)22-10-12-28(4)20(7-8-21(28)25(22)26(19)34)16(2)13-17(3)27(35)30-15-24(32)33/h16-23,25-26,31,34H,6-15H2,1-5H3,(H,30,35)(H,32,33)/t16-,17+,18+,19+,20+,21?,22?,23-,25?,26+,28+,29+/m0/s1. The molecule has 6 heteroatoms. The summed E-state index contributed by atoms with van der Waals surface area (Å²) in [4.78, 5) is 23.3. The van der Waals surface area contributed by atoms with Crippen LogP contribution in [0.25, 0.3) is 0 Å². The number of rotatable bonds is 7. The van der Waals surface area contributed by atoms with E-state index in [4.69, 9.17) is 5.11 Å². The Balaban J connectivity index is 1.52. The van der Waals surface area contributed by atoms with Crippen LogP contribution in [0, 0.1) is 58.2 Å². The molecule has 4 aliphatic carbocycles. The molecule has 4 aliphatic rings. The van der Waals surface area contributed by atoms with Gasteiger partial charge in [0.1, 0.15) is 6.54 Å². The Labute approximate surface area is 211 Å². The van der Waals surface area contributed by atoms with Crippen molar-refractivity contribution in [2.45, 2.75) is 105 Å². The number of nitrogens with one attached hydrogen (secondary N) is 1. The molecule has 3 unspecified atom stereocenters. The van der Waals surface area contributed by atoms with Crippen LogP contribution in [-0.2, 0) is 9.59 Å². The molecule has 0 saturated heterocycles. The number of aliphatic carboxylic acids is 1. The van der Waals surface area contributed by atoms with Gasteiger partial charge in [0.25, 0.3) is 0 Å². The molecule has 0 radical (unpaired) electrons. The first-order valence-corrected chi connectivity index (χ1v) is 14.3. The molecule has 0 aromatic heterocycles. The van der Waals surface area contributed by atoms with Gasteiger partial charge in [-0.05, 0) is 104 Å². The van der Waals surface area contributed by atoms with E-state index < -0.39 is 5.97 Å². The second-order valence-electron chi connectivity index (χ2n) is 13.3. The molecular weight excluding hydrogens is 442 g/mol. The van der Waals surface area contributed by atoms with Crippen molar-refractivity contribution >= 4 is 11.9 Å². The van der Waals surface area contributed by atoms with E-state index in [1.165, 1.54) is 6.42 Å². The molecule has 4 N–H and O–H groups in total. The van der Waals surface area contributed by atoms with Crippen molar-refractivity contribution in [2.75, 3.05) is 6.54 Å². The Kier molecular flexibility index (Phi) is 7.66. The van der Waals surface area contributed by atoms with E-state index in [0.29, 0.717) is 35.5 Å². The number of hydrogen-bond acceptors (Lipinski definition) is 4. The SMILES string of the molecule is CC[C@H]1[C@@H](O)C2C3CC[C@H]([C@@H](C)C[C@@H](C)C(=O)NCC(=O)O)[C@@]3(C)CCC2[C@@]2(C)CC[C@@H](O)C[C@@H]12. The Morgan fingerprint density at radius 2 is 1.63 bits per heavy atom. The van der Waals surface area contributed by atoms with E-state index >= 15 is 0 Å². The summed E-state index contributed by atoms with van der Waals surface area (Å²) < 4.78 is 0. The van der Waals surface area contributed by atoms with E-state index in [1.54, 1.807) is 0 Å². The van der Waals surface area contributed by atoms with Gasteiger partial charge >= 0.3 is 5.97 Å². The van der Waals surface area contributed by atoms with Crippen LogP contribution in [0.1, 0.15) is 92.4 Å². The third-order valence-corrected chi connectivity index (χ3v) is 11.7. The molecule has 12 atom stereocenters. The van der Waals surface area contributed by atoms with Gasteiger partial charge in [-0.3, -0.25) is 9.59 Å². The number of aliphatic hydroxyl groups excluding tert-OH is 2. The molecule has 1 amide bonds. The fraction of sp³-hybridized carbons (Fsp3) is 0.931. The molecule has 0 heterocycles. The first kappa shape index (κ1) is 26.9. The summed E-state index contributed by atoms with van der Waals surface area (Å²) in [5.41, 5.74) is 0.389. The zero-order valence-electron chi connectivity index (χ0n) is 22.5. The summed E-state index contributed by atoms with van der Waals surface area (Å²) in [5.74, 6) is 1.58. The van der Waals surface area contributed by atoms with Crippen LogP contribution < -0.4 is 5.32 Å². The number of carbonyl (C=O) groups excluding carboxylic acids is 1. The van der Waals surface area contributed by atoms with Gasteiger partial charge in [-0.25, -0.2) is 0 Å². The number of aliphatic hydroxyl groups is 2. The summed E-state index contributed by atoms with van der Waals surface area (Å²) in [5, 5.41) is 33.7. The van der Waals surface area contributed by atoms with Crippen molar-refractivity contribution in [3.8, 4) is 0 Å². The molecule has 35 heavy (non-hydrogen) atoms. The minimum absolute atomic E-state index is 0.172. The lowest BCUT2D eigenvalue weighted by Gasteiger charge is -2.64. The Hall–Kier alpha value is -1.14. The maximum absolute atomic E-state index is 12.4. The monoisotopic (exact) mass is 491 g/mol. The van der Waals surface area contributed by atoms with Crippen LogP contribution in [0.15, 0.2) is 0 Å². The predicted molar refractivity (Wildman–Crippen MR) is 135 cm³/mol. The molecule has 0 bridgehead atoms. The van der Waals surface area contributed by atoms with Gasteiger partial charge < -0.3 is 20.6 Å². The number of fused-ring (bicyclic) bond motifs is 5. The Bertz CT molecular complexity index is 802. The second-order valence-corrected chi connectivity index (χ2v) is 13.3. The topological polar surface area (TPSA) is 107 Å². The van der Waals surface area contributed by atoms with Gasteiger partial charge in [-0.1, -0.05) is 41.0 Å². The highest BCUT2D eigenvalue weighted by Crippen LogP contribution is 2.69. The number of carbonyl (C=O) groups is 2. The second kappa shape index (κ2) is 9.96. The number of carboxylic acid groups (broad SMARTS) is 1. The third kappa shape index (κ3) is 4.56. The molecule has 200 valence electrons. The molecular formula is C29H49NO5. The van der Waals surface area contributed by atoms with E-state index in [1.807, 2.05) is 6.92 Å². The molecule has 0 aliphatic heterocycles. The maximum Gasteiger partial charge on any atom is 0.322 e. The summed E-state index contributed by atoms with van der Waals surface area (Å²) in [6, 6.07) is 0. The Morgan fingerprint density at radius 1 is 0.971 bits per heavy atom. The third-order valence-electron chi connectivity index (χ3n) is 11.7. The molecule has 4 rings (SSSR count). The lowest BCUT2D eigenvalue weighted by atomic mass is 9.41. The van der Waals surface area contributed by atoms with Gasteiger partial charge in [-0.2, -0.15) is 0 Å². The first-order chi connectivity index (χ1) is 16.4. The van der Waals surface area contributed by atoms with Crippen LogP contribution in [0.3, 0.4) is 0 Å². The average molecular weight is 492 g/mol. The van der Waals surface area contributed by atoms with Crippen LogP contribution in [0.2, 0.25) is 0 Å². The summed E-state index contributed by atoms with van der Waals surface area (Å²) in [7, 11) is 0. The van der Waals surface area contributed by atoms with Crippen molar-refractivity contribution < 1.29 is 24.9 Å². The van der Waals surface area contributed by atoms with Crippen LogP contribution in [0.5, 0.6) is 0 Å². The van der Waals surface area contributed by atoms with Gasteiger partial charge in [0.2, 0.25) is 5.91 Å². The fourth-order valence-corrected chi connectivity index (χ4v) is 10.1. The quantitative estimate of drug-likeness (QED) is 0.420. The predicted octanol–water partition coefficient (Wildman–Crippen LogP) is 4.48. The molecule has 0 spiro atoms. The smallest absolute Gasteiger partial charge is 0.322 e. The molecule has 4 saturated carbocycles. The van der Waals surface area contributed by atoms with Gasteiger partial charge in [0, 0.05) is 5.92 Å². The molecule has 4 fully saturated rings. The van der Waals surface area contributed by atoms with Crippen molar-refractivity contribution in [1.29, 1.82) is 0 Å². The maximum atomic E-state index is 12.4. The molecule has 6 nitrogen and oxygen atoms in total. The van der Waals surface area contributed by atoms with E-state index in [0.717, 1.165) is 51.4 Å². The van der Waals surface area contributed by atoms with Crippen molar-refractivity contribution in [1.82, 2.24) is 5.32 Å². The Morgan fingerprint density at radius 3 is 2.29 bits per heavy atom. The number of amides is 1. The average Bonchev–Trinajstić information content (AvgIpc) is 3.16. The zero-order chi connectivity index (χ0) is 25.7. The summed E-state index contributed by atoms with van der Waals surface area (Å²) >= 11 is 0. The minimum atomic E-state index is -1.01. The van der Waals surface area contributed by atoms with Crippen LogP contribution >= 0.6 is 0 Å². The van der Waals surface area contributed by atoms with Crippen LogP contribution in [0.4, 0.5) is 0 Å². The number of hydrogen-bond donors (Lipinski definition) is 4. The van der Waals surface area contributed by atoms with E-state index in [9.17, 15) is 19.8 Å². The van der Waals surface area contributed by atoms with E-state index in [2.05, 4.69) is 33.0 Å². The highest BCUT2D eigenvalue weighted by Gasteiger charge is 2.64. The highest BCUT2D eigenvalue weighted by molar-refractivity contribution is 5.82. The zero-order valence-corrected chi connectivity index (χ0v) is 22.5. The van der Waals surface area contributed by atoms with E-state index in [-0.39, 0.29) is 47.3 Å². The van der Waals surface area contributed by atoms with Gasteiger partial charge in [-0.15, -0.1) is 0 Å². The van der Waals surface area contributed by atoms with Crippen molar-refractivity contribution in [3.05, 3.63) is 0 Å². The number of carboxylic acids is 1. The summed E-state index contributed by atoms with van der Waals surface area (Å²) in [6.07, 6.45) is 8.71. The van der Waals surface area contributed by atoms with Crippen molar-refractivity contribution in [3.63, 3.8) is 0 Å². The first-order valence-electron chi connectivity index (χ1n) is 14.3. The fourth-order valence-electron chi connectivity index (χ4n) is 10.1. The molecule has 0 aromatic carbocycles. The lowest BCUT2D eigenvalue weighted by Crippen LogP contribution is -2.62. The lowest BCUT2D eigenvalue weighted by molar-refractivity contribution is -0.203.